The number of likely N-dealkylation sites (tertiary alicyclic amines) is 1. The minimum atomic E-state index is -0.545. The van der Waals surface area contributed by atoms with Crippen molar-refractivity contribution in [1.82, 2.24) is 4.90 Å². The van der Waals surface area contributed by atoms with Gasteiger partial charge in [-0.25, -0.2) is 0 Å². The maximum absolute atomic E-state index is 11.9. The molecule has 1 heterocycles. The van der Waals surface area contributed by atoms with E-state index in [0.29, 0.717) is 37.2 Å². The van der Waals surface area contributed by atoms with Gasteiger partial charge in [-0.1, -0.05) is 6.07 Å². The smallest absolute Gasteiger partial charge is 0.260 e. The van der Waals surface area contributed by atoms with E-state index in [9.17, 15) is 14.4 Å². The fourth-order valence-corrected chi connectivity index (χ4v) is 1.98. The highest BCUT2D eigenvalue weighted by atomic mass is 16.5. The van der Waals surface area contributed by atoms with Gasteiger partial charge in [0.25, 0.3) is 5.91 Å². The van der Waals surface area contributed by atoms with Gasteiger partial charge in [0.2, 0.25) is 5.91 Å². The summed E-state index contributed by atoms with van der Waals surface area (Å²) < 4.78 is 5.35. The molecule has 2 N–H and O–H groups in total. The standard InChI is InChI=1S/C14H16N2O4/c15-14(19)10-2-1-3-12(8-10)20-9-13(18)16-6-4-11(17)5-7-16/h1-3,8H,4-7,9H2,(H2,15,19). The quantitative estimate of drug-likeness (QED) is 0.859. The van der Waals surface area contributed by atoms with Crippen molar-refractivity contribution >= 4 is 17.6 Å². The Labute approximate surface area is 116 Å². The van der Waals surface area contributed by atoms with Crippen LogP contribution in [0.5, 0.6) is 5.75 Å². The fraction of sp³-hybridized carbons (Fsp3) is 0.357. The first kappa shape index (κ1) is 14.0. The molecule has 0 aliphatic carbocycles. The van der Waals surface area contributed by atoms with Crippen molar-refractivity contribution in [3.05, 3.63) is 29.8 Å². The van der Waals surface area contributed by atoms with E-state index in [1.807, 2.05) is 0 Å². The lowest BCUT2D eigenvalue weighted by atomic mass is 10.1. The highest BCUT2D eigenvalue weighted by Crippen LogP contribution is 2.13. The van der Waals surface area contributed by atoms with E-state index in [-0.39, 0.29) is 18.3 Å². The van der Waals surface area contributed by atoms with Gasteiger partial charge >= 0.3 is 0 Å². The minimum Gasteiger partial charge on any atom is -0.484 e. The third-order valence-electron chi connectivity index (χ3n) is 3.15. The van der Waals surface area contributed by atoms with Crippen LogP contribution in [0.2, 0.25) is 0 Å². The molecule has 1 aromatic carbocycles. The molecule has 20 heavy (non-hydrogen) atoms. The largest absolute Gasteiger partial charge is 0.484 e. The van der Waals surface area contributed by atoms with E-state index in [1.54, 1.807) is 23.1 Å². The van der Waals surface area contributed by atoms with Crippen LogP contribution >= 0.6 is 0 Å². The van der Waals surface area contributed by atoms with Gasteiger partial charge in [-0.05, 0) is 18.2 Å². The maximum Gasteiger partial charge on any atom is 0.260 e. The molecule has 0 saturated carbocycles. The van der Waals surface area contributed by atoms with Crippen LogP contribution in [0.25, 0.3) is 0 Å². The van der Waals surface area contributed by atoms with Crippen LogP contribution in [0.3, 0.4) is 0 Å². The van der Waals surface area contributed by atoms with Crippen LogP contribution in [0.4, 0.5) is 0 Å². The SMILES string of the molecule is NC(=O)c1cccc(OCC(=O)N2CCC(=O)CC2)c1. The van der Waals surface area contributed by atoms with Crippen LogP contribution in [-0.2, 0) is 9.59 Å². The molecular formula is C14H16N2O4. The molecule has 6 heteroatoms. The Balaban J connectivity index is 1.88. The van der Waals surface area contributed by atoms with Gasteiger partial charge in [-0.3, -0.25) is 14.4 Å². The number of primary amides is 1. The Morgan fingerprint density at radius 2 is 1.95 bits per heavy atom. The van der Waals surface area contributed by atoms with E-state index in [2.05, 4.69) is 0 Å². The topological polar surface area (TPSA) is 89.7 Å². The predicted molar refractivity (Wildman–Crippen MR) is 71.3 cm³/mol. The molecule has 2 amide bonds. The zero-order chi connectivity index (χ0) is 14.5. The second-order valence-electron chi connectivity index (χ2n) is 4.60. The number of carbonyl (C=O) groups is 3. The van der Waals surface area contributed by atoms with E-state index < -0.39 is 5.91 Å². The van der Waals surface area contributed by atoms with Gasteiger partial charge in [-0.2, -0.15) is 0 Å². The van der Waals surface area contributed by atoms with Gasteiger partial charge in [0, 0.05) is 31.5 Å². The van der Waals surface area contributed by atoms with Crippen molar-refractivity contribution in [2.45, 2.75) is 12.8 Å². The lowest BCUT2D eigenvalue weighted by molar-refractivity contribution is -0.136. The van der Waals surface area contributed by atoms with E-state index >= 15 is 0 Å². The molecule has 1 aromatic rings. The molecule has 106 valence electrons. The summed E-state index contributed by atoms with van der Waals surface area (Å²) in [6.07, 6.45) is 0.811. The fourth-order valence-electron chi connectivity index (χ4n) is 1.98. The number of amides is 2. The normalized spacial score (nSPS) is 15.0. The highest BCUT2D eigenvalue weighted by Gasteiger charge is 2.20. The Hall–Kier alpha value is -2.37. The number of carbonyl (C=O) groups excluding carboxylic acids is 3. The first-order valence-corrected chi connectivity index (χ1v) is 6.38. The number of rotatable bonds is 4. The molecule has 0 radical (unpaired) electrons. The van der Waals surface area contributed by atoms with E-state index in [1.165, 1.54) is 6.07 Å². The summed E-state index contributed by atoms with van der Waals surface area (Å²) in [5.74, 6) is -0.106. The average molecular weight is 276 g/mol. The third-order valence-corrected chi connectivity index (χ3v) is 3.15. The number of piperidine rings is 1. The Morgan fingerprint density at radius 3 is 2.60 bits per heavy atom. The van der Waals surface area contributed by atoms with Crippen molar-refractivity contribution in [2.24, 2.45) is 5.73 Å². The van der Waals surface area contributed by atoms with Gasteiger partial charge in [0.05, 0.1) is 0 Å². The summed E-state index contributed by atoms with van der Waals surface area (Å²) in [4.78, 5) is 35.6. The molecule has 0 aromatic heterocycles. The minimum absolute atomic E-state index is 0.115. The predicted octanol–water partition coefficient (Wildman–Crippen LogP) is 0.356. The molecule has 1 saturated heterocycles. The van der Waals surface area contributed by atoms with Crippen LogP contribution < -0.4 is 10.5 Å². The zero-order valence-electron chi connectivity index (χ0n) is 11.0. The van der Waals surface area contributed by atoms with Gasteiger partial charge in [0.15, 0.2) is 6.61 Å². The van der Waals surface area contributed by atoms with Crippen LogP contribution in [0.1, 0.15) is 23.2 Å². The molecule has 2 rings (SSSR count). The molecule has 0 unspecified atom stereocenters. The van der Waals surface area contributed by atoms with E-state index in [4.69, 9.17) is 10.5 Å². The van der Waals surface area contributed by atoms with Crippen molar-refractivity contribution in [2.75, 3.05) is 19.7 Å². The summed E-state index contributed by atoms with van der Waals surface area (Å²) in [6, 6.07) is 6.36. The molecule has 1 fully saturated rings. The van der Waals surface area contributed by atoms with Crippen molar-refractivity contribution in [3.8, 4) is 5.75 Å². The highest BCUT2D eigenvalue weighted by molar-refractivity contribution is 5.93. The maximum atomic E-state index is 11.9. The Kier molecular flexibility index (Phi) is 4.34. The molecular weight excluding hydrogens is 260 g/mol. The monoisotopic (exact) mass is 276 g/mol. The number of hydrogen-bond acceptors (Lipinski definition) is 4. The van der Waals surface area contributed by atoms with Crippen molar-refractivity contribution in [1.29, 1.82) is 0 Å². The Morgan fingerprint density at radius 1 is 1.25 bits per heavy atom. The molecule has 0 bridgehead atoms. The van der Waals surface area contributed by atoms with Crippen molar-refractivity contribution < 1.29 is 19.1 Å². The first-order chi connectivity index (χ1) is 9.56. The second kappa shape index (κ2) is 6.18. The van der Waals surface area contributed by atoms with Crippen LogP contribution in [0.15, 0.2) is 24.3 Å². The number of benzene rings is 1. The number of Topliss-reactive ketones (excluding diaryl/α,β-unsaturated/α-hetero) is 1. The van der Waals surface area contributed by atoms with Crippen LogP contribution in [-0.4, -0.2) is 42.2 Å². The summed E-state index contributed by atoms with van der Waals surface area (Å²) in [7, 11) is 0. The average Bonchev–Trinajstić information content (AvgIpc) is 2.46. The first-order valence-electron chi connectivity index (χ1n) is 6.38. The molecule has 1 aliphatic rings. The number of ether oxygens (including phenoxy) is 1. The summed E-state index contributed by atoms with van der Waals surface area (Å²) in [5, 5.41) is 0. The second-order valence-corrected chi connectivity index (χ2v) is 4.60. The van der Waals surface area contributed by atoms with Crippen LogP contribution in [0, 0.1) is 0 Å². The molecule has 0 spiro atoms. The lowest BCUT2D eigenvalue weighted by Crippen LogP contribution is -2.41. The summed E-state index contributed by atoms with van der Waals surface area (Å²) >= 11 is 0. The summed E-state index contributed by atoms with van der Waals surface area (Å²) in [5.41, 5.74) is 5.50. The molecule has 0 atom stereocenters. The zero-order valence-corrected chi connectivity index (χ0v) is 11.0. The van der Waals surface area contributed by atoms with Gasteiger partial charge < -0.3 is 15.4 Å². The van der Waals surface area contributed by atoms with Crippen molar-refractivity contribution in [3.63, 3.8) is 0 Å². The van der Waals surface area contributed by atoms with Gasteiger partial charge in [-0.15, -0.1) is 0 Å². The van der Waals surface area contributed by atoms with Gasteiger partial charge in [0.1, 0.15) is 11.5 Å². The van der Waals surface area contributed by atoms with E-state index in [0.717, 1.165) is 0 Å². The third kappa shape index (κ3) is 3.57. The molecule has 6 nitrogen and oxygen atoms in total. The number of nitrogens with two attached hydrogens (primary N) is 1. The lowest BCUT2D eigenvalue weighted by Gasteiger charge is -2.25. The number of nitrogens with zero attached hydrogens (tertiary/aromatic N) is 1. The Bertz CT molecular complexity index is 532. The number of ketones is 1. The summed E-state index contributed by atoms with van der Waals surface area (Å²) in [6.45, 7) is 0.779. The number of hydrogen-bond donors (Lipinski definition) is 1. The molecule has 1 aliphatic heterocycles.